The maximum Gasteiger partial charge on any atom is 0.216 e. The lowest BCUT2D eigenvalue weighted by molar-refractivity contribution is -0.118. The van der Waals surface area contributed by atoms with E-state index in [2.05, 4.69) is 15.6 Å². The molecule has 0 radical (unpaired) electrons. The first-order chi connectivity index (χ1) is 8.49. The van der Waals surface area contributed by atoms with E-state index < -0.39 is 0 Å². The topological polar surface area (TPSA) is 79.5 Å². The highest BCUT2D eigenvalue weighted by atomic mass is 35.5. The van der Waals surface area contributed by atoms with Crippen LogP contribution in [0.3, 0.4) is 0 Å². The molecule has 0 aliphatic heterocycles. The summed E-state index contributed by atoms with van der Waals surface area (Å²) in [6, 6.07) is 5.01. The normalized spacial score (nSPS) is 11.2. The minimum atomic E-state index is -0.0996. The first-order valence-electron chi connectivity index (χ1n) is 5.25. The molecule has 0 aliphatic rings. The minimum Gasteiger partial charge on any atom is -0.370 e. The molecule has 4 N–H and O–H groups in total. The summed E-state index contributed by atoms with van der Waals surface area (Å²) in [5, 5.41) is 6.47. The van der Waals surface area contributed by atoms with Crippen LogP contribution in [0.15, 0.2) is 23.2 Å². The van der Waals surface area contributed by atoms with E-state index in [0.29, 0.717) is 28.8 Å². The van der Waals surface area contributed by atoms with Gasteiger partial charge in [0.15, 0.2) is 5.96 Å². The summed E-state index contributed by atoms with van der Waals surface area (Å²) < 4.78 is 0. The van der Waals surface area contributed by atoms with Gasteiger partial charge in [-0.2, -0.15) is 0 Å². The zero-order valence-electron chi connectivity index (χ0n) is 9.84. The van der Waals surface area contributed by atoms with Crippen LogP contribution in [0, 0.1) is 0 Å². The number of amides is 1. The lowest BCUT2D eigenvalue weighted by atomic mass is 10.3. The molecule has 0 spiro atoms. The average Bonchev–Trinajstić information content (AvgIpc) is 2.28. The summed E-state index contributed by atoms with van der Waals surface area (Å²) in [7, 11) is 0. The van der Waals surface area contributed by atoms with E-state index in [0.717, 1.165) is 0 Å². The van der Waals surface area contributed by atoms with Gasteiger partial charge in [0.1, 0.15) is 0 Å². The molecule has 1 rings (SSSR count). The molecule has 0 heterocycles. The van der Waals surface area contributed by atoms with Gasteiger partial charge in [0, 0.05) is 18.5 Å². The molecule has 0 unspecified atom stereocenters. The molecule has 0 saturated carbocycles. The predicted molar refractivity (Wildman–Crippen MR) is 75.3 cm³/mol. The Balaban J connectivity index is 2.50. The zero-order chi connectivity index (χ0) is 13.5. The molecule has 7 heteroatoms. The molecule has 0 aliphatic carbocycles. The number of hydrogen-bond acceptors (Lipinski definition) is 2. The number of carbonyl (C=O) groups is 1. The second-order valence-corrected chi connectivity index (χ2v) is 4.34. The van der Waals surface area contributed by atoms with Crippen LogP contribution in [-0.4, -0.2) is 25.0 Å². The number of aliphatic imine (C=N–C) groups is 1. The first-order valence-corrected chi connectivity index (χ1v) is 6.01. The Morgan fingerprint density at radius 2 is 2.17 bits per heavy atom. The summed E-state index contributed by atoms with van der Waals surface area (Å²) >= 11 is 11.7. The van der Waals surface area contributed by atoms with Crippen LogP contribution < -0.4 is 16.4 Å². The Hall–Kier alpha value is -1.46. The van der Waals surface area contributed by atoms with Gasteiger partial charge in [0.25, 0.3) is 0 Å². The monoisotopic (exact) mass is 288 g/mol. The van der Waals surface area contributed by atoms with Crippen LogP contribution in [0.1, 0.15) is 6.92 Å². The van der Waals surface area contributed by atoms with E-state index in [4.69, 9.17) is 28.9 Å². The van der Waals surface area contributed by atoms with E-state index in [1.807, 2.05) is 0 Å². The molecular formula is C11H14Cl2N4O. The maximum atomic E-state index is 10.6. The van der Waals surface area contributed by atoms with Crippen molar-refractivity contribution in [3.05, 3.63) is 28.2 Å². The van der Waals surface area contributed by atoms with Gasteiger partial charge in [-0.15, -0.1) is 0 Å². The lowest BCUT2D eigenvalue weighted by Crippen LogP contribution is -2.27. The van der Waals surface area contributed by atoms with E-state index in [9.17, 15) is 4.79 Å². The minimum absolute atomic E-state index is 0.0996. The second-order valence-electron chi connectivity index (χ2n) is 3.50. The number of benzene rings is 1. The van der Waals surface area contributed by atoms with Crippen molar-refractivity contribution in [3.63, 3.8) is 0 Å². The standard InChI is InChI=1S/C11H14Cl2N4O/c1-7(18)15-4-5-16-11(14)17-10-3-2-8(12)6-9(10)13/h2-3,6H,4-5H2,1H3,(H,15,18)(H3,14,16,17). The number of hydrogen-bond donors (Lipinski definition) is 3. The fraction of sp³-hybridized carbons (Fsp3) is 0.273. The van der Waals surface area contributed by atoms with Crippen molar-refractivity contribution in [2.45, 2.75) is 6.92 Å². The molecule has 1 amide bonds. The molecule has 0 saturated heterocycles. The van der Waals surface area contributed by atoms with Crippen molar-refractivity contribution in [3.8, 4) is 0 Å². The molecule has 0 fully saturated rings. The van der Waals surface area contributed by atoms with Crippen LogP contribution in [0.2, 0.25) is 10.0 Å². The third-order valence-corrected chi connectivity index (χ3v) is 2.51. The lowest BCUT2D eigenvalue weighted by Gasteiger charge is -2.08. The zero-order valence-corrected chi connectivity index (χ0v) is 11.3. The number of guanidine groups is 1. The predicted octanol–water partition coefficient (Wildman–Crippen LogP) is 1.86. The first kappa shape index (κ1) is 14.6. The molecule has 1 aromatic carbocycles. The Morgan fingerprint density at radius 3 is 2.78 bits per heavy atom. The van der Waals surface area contributed by atoms with Crippen LogP contribution in [0.25, 0.3) is 0 Å². The van der Waals surface area contributed by atoms with Crippen LogP contribution >= 0.6 is 23.2 Å². The number of nitrogens with one attached hydrogen (secondary N) is 2. The number of anilines is 1. The van der Waals surface area contributed by atoms with Gasteiger partial charge in [-0.25, -0.2) is 0 Å². The summed E-state index contributed by atoms with van der Waals surface area (Å²) in [4.78, 5) is 14.7. The third kappa shape index (κ3) is 5.25. The Morgan fingerprint density at radius 1 is 1.44 bits per heavy atom. The third-order valence-electron chi connectivity index (χ3n) is 1.96. The van der Waals surface area contributed by atoms with Crippen molar-refractivity contribution in [2.75, 3.05) is 18.4 Å². The van der Waals surface area contributed by atoms with Gasteiger partial charge < -0.3 is 16.4 Å². The van der Waals surface area contributed by atoms with Gasteiger partial charge in [0.05, 0.1) is 17.3 Å². The second kappa shape index (κ2) is 7.08. The van der Waals surface area contributed by atoms with E-state index >= 15 is 0 Å². The van der Waals surface area contributed by atoms with Crippen molar-refractivity contribution in [1.82, 2.24) is 5.32 Å². The smallest absolute Gasteiger partial charge is 0.216 e. The largest absolute Gasteiger partial charge is 0.370 e. The van der Waals surface area contributed by atoms with Gasteiger partial charge in [-0.1, -0.05) is 23.2 Å². The molecule has 18 heavy (non-hydrogen) atoms. The van der Waals surface area contributed by atoms with Crippen molar-refractivity contribution >= 4 is 40.8 Å². The number of rotatable bonds is 4. The maximum absolute atomic E-state index is 10.6. The Labute approximate surface area is 115 Å². The molecular weight excluding hydrogens is 275 g/mol. The summed E-state index contributed by atoms with van der Waals surface area (Å²) in [5.41, 5.74) is 6.29. The highest BCUT2D eigenvalue weighted by Gasteiger charge is 2.01. The van der Waals surface area contributed by atoms with E-state index in [1.54, 1.807) is 18.2 Å². The van der Waals surface area contributed by atoms with Gasteiger partial charge >= 0.3 is 0 Å². The average molecular weight is 289 g/mol. The van der Waals surface area contributed by atoms with Crippen molar-refractivity contribution in [1.29, 1.82) is 0 Å². The summed E-state index contributed by atoms with van der Waals surface area (Å²) in [5.74, 6) is 0.127. The Bertz CT molecular complexity index is 462. The number of halogens is 2. The van der Waals surface area contributed by atoms with Crippen molar-refractivity contribution < 1.29 is 4.79 Å². The van der Waals surface area contributed by atoms with E-state index in [-0.39, 0.29) is 11.9 Å². The fourth-order valence-corrected chi connectivity index (χ4v) is 1.63. The highest BCUT2D eigenvalue weighted by Crippen LogP contribution is 2.24. The molecule has 0 aromatic heterocycles. The van der Waals surface area contributed by atoms with Crippen molar-refractivity contribution in [2.24, 2.45) is 10.7 Å². The Kier molecular flexibility index (Phi) is 5.74. The fourth-order valence-electron chi connectivity index (χ4n) is 1.18. The van der Waals surface area contributed by atoms with Gasteiger partial charge in [0.2, 0.25) is 5.91 Å². The number of nitrogens with zero attached hydrogens (tertiary/aromatic N) is 1. The summed E-state index contributed by atoms with van der Waals surface area (Å²) in [6.45, 7) is 2.27. The van der Waals surface area contributed by atoms with Gasteiger partial charge in [-0.05, 0) is 18.2 Å². The van der Waals surface area contributed by atoms with Gasteiger partial charge in [-0.3, -0.25) is 9.79 Å². The molecule has 0 bridgehead atoms. The summed E-state index contributed by atoms with van der Waals surface area (Å²) in [6.07, 6.45) is 0. The van der Waals surface area contributed by atoms with Crippen LogP contribution in [0.5, 0.6) is 0 Å². The molecule has 0 atom stereocenters. The molecule has 5 nitrogen and oxygen atoms in total. The highest BCUT2D eigenvalue weighted by molar-refractivity contribution is 6.36. The SMILES string of the molecule is CC(=O)NCCN=C(N)Nc1ccc(Cl)cc1Cl. The number of carbonyl (C=O) groups excluding carboxylic acids is 1. The molecule has 98 valence electrons. The number of nitrogens with two attached hydrogens (primary N) is 1. The van der Waals surface area contributed by atoms with Crippen LogP contribution in [0.4, 0.5) is 5.69 Å². The quantitative estimate of drug-likeness (QED) is 0.449. The van der Waals surface area contributed by atoms with E-state index in [1.165, 1.54) is 6.92 Å². The molecule has 1 aromatic rings. The van der Waals surface area contributed by atoms with Crippen LogP contribution in [-0.2, 0) is 4.79 Å².